The highest BCUT2D eigenvalue weighted by Crippen LogP contribution is 2.32. The van der Waals surface area contributed by atoms with Crippen LogP contribution in [0.1, 0.15) is 44.3 Å². The van der Waals surface area contributed by atoms with Gasteiger partial charge in [-0.1, -0.05) is 13.8 Å². The molecule has 0 amide bonds. The Bertz CT molecular complexity index is 341. The lowest BCUT2D eigenvalue weighted by Crippen LogP contribution is -2.50. The number of hydrogen-bond acceptors (Lipinski definition) is 3. The fraction of sp³-hybridized carbons (Fsp3) is 0.692. The van der Waals surface area contributed by atoms with Crippen molar-refractivity contribution in [2.75, 3.05) is 13.1 Å². The number of hydrogen-bond donors (Lipinski definition) is 1. The van der Waals surface area contributed by atoms with Crippen LogP contribution in [0.3, 0.4) is 0 Å². The third kappa shape index (κ3) is 2.15. The van der Waals surface area contributed by atoms with Crippen LogP contribution in [0.15, 0.2) is 16.5 Å². The molecule has 2 heterocycles. The van der Waals surface area contributed by atoms with Crippen LogP contribution in [0, 0.1) is 6.92 Å². The molecule has 1 aromatic heterocycles. The zero-order valence-electron chi connectivity index (χ0n) is 10.4. The summed E-state index contributed by atoms with van der Waals surface area (Å²) in [5, 5.41) is 3.45. The molecule has 3 nitrogen and oxygen atoms in total. The van der Waals surface area contributed by atoms with Gasteiger partial charge in [0.05, 0.1) is 5.60 Å². The fourth-order valence-electron chi connectivity index (χ4n) is 2.27. The van der Waals surface area contributed by atoms with Crippen molar-refractivity contribution in [1.29, 1.82) is 0 Å². The standard InChI is InChI=1S/C13H21NO2/c1-4-13(5-2)9-14-8-12(16-13)11-7-6-10(3)15-11/h6-7,12,14H,4-5,8-9H2,1-3H3. The average Bonchev–Trinajstić information content (AvgIpc) is 2.76. The summed E-state index contributed by atoms with van der Waals surface area (Å²) < 4.78 is 11.9. The molecule has 0 bridgehead atoms. The van der Waals surface area contributed by atoms with Crippen LogP contribution in [0.2, 0.25) is 0 Å². The van der Waals surface area contributed by atoms with E-state index in [9.17, 15) is 0 Å². The zero-order chi connectivity index (χ0) is 11.6. The molecule has 1 N–H and O–H groups in total. The minimum absolute atomic E-state index is 0.0242. The second-order valence-corrected chi connectivity index (χ2v) is 4.58. The van der Waals surface area contributed by atoms with Crippen LogP contribution < -0.4 is 5.32 Å². The highest BCUT2D eigenvalue weighted by atomic mass is 16.5. The first-order valence-electron chi connectivity index (χ1n) is 6.14. The van der Waals surface area contributed by atoms with Crippen molar-refractivity contribution < 1.29 is 9.15 Å². The Kier molecular flexibility index (Phi) is 3.36. The van der Waals surface area contributed by atoms with E-state index in [1.54, 1.807) is 0 Å². The molecule has 1 aliphatic heterocycles. The summed E-state index contributed by atoms with van der Waals surface area (Å²) in [7, 11) is 0. The average molecular weight is 223 g/mol. The van der Waals surface area contributed by atoms with Crippen molar-refractivity contribution >= 4 is 0 Å². The normalized spacial score (nSPS) is 24.6. The van der Waals surface area contributed by atoms with Crippen LogP contribution in [-0.4, -0.2) is 18.7 Å². The van der Waals surface area contributed by atoms with E-state index in [2.05, 4.69) is 19.2 Å². The molecule has 3 heteroatoms. The third-order valence-electron chi connectivity index (χ3n) is 3.54. The van der Waals surface area contributed by atoms with E-state index in [4.69, 9.17) is 9.15 Å². The molecule has 0 aliphatic carbocycles. The van der Waals surface area contributed by atoms with E-state index in [0.29, 0.717) is 0 Å². The van der Waals surface area contributed by atoms with Gasteiger partial charge in [-0.05, 0) is 31.9 Å². The Labute approximate surface area is 97.2 Å². The molecule has 0 radical (unpaired) electrons. The summed E-state index contributed by atoms with van der Waals surface area (Å²) in [5.74, 6) is 1.89. The van der Waals surface area contributed by atoms with Gasteiger partial charge in [-0.25, -0.2) is 0 Å². The molecule has 0 aromatic carbocycles. The molecule has 1 saturated heterocycles. The third-order valence-corrected chi connectivity index (χ3v) is 3.54. The molecular weight excluding hydrogens is 202 g/mol. The summed E-state index contributed by atoms with van der Waals surface area (Å²) in [5.41, 5.74) is -0.0242. The predicted octanol–water partition coefficient (Wildman–Crippen LogP) is 2.81. The quantitative estimate of drug-likeness (QED) is 0.855. The van der Waals surface area contributed by atoms with Crippen LogP contribution in [0.5, 0.6) is 0 Å². The molecule has 1 atom stereocenters. The van der Waals surface area contributed by atoms with Crippen LogP contribution >= 0.6 is 0 Å². The Balaban J connectivity index is 2.12. The van der Waals surface area contributed by atoms with Gasteiger partial charge in [0.1, 0.15) is 17.6 Å². The maximum Gasteiger partial charge on any atom is 0.134 e. The largest absolute Gasteiger partial charge is 0.464 e. The lowest BCUT2D eigenvalue weighted by Gasteiger charge is -2.40. The van der Waals surface area contributed by atoms with Crippen LogP contribution in [0.25, 0.3) is 0 Å². The van der Waals surface area contributed by atoms with E-state index in [-0.39, 0.29) is 11.7 Å². The monoisotopic (exact) mass is 223 g/mol. The lowest BCUT2D eigenvalue weighted by molar-refractivity contribution is -0.129. The maximum atomic E-state index is 6.22. The summed E-state index contributed by atoms with van der Waals surface area (Å²) >= 11 is 0. The first-order chi connectivity index (χ1) is 7.69. The summed E-state index contributed by atoms with van der Waals surface area (Å²) in [6, 6.07) is 4.01. The van der Waals surface area contributed by atoms with Gasteiger partial charge in [0.2, 0.25) is 0 Å². The van der Waals surface area contributed by atoms with E-state index in [1.165, 1.54) is 0 Å². The minimum Gasteiger partial charge on any atom is -0.464 e. The lowest BCUT2D eigenvalue weighted by atomic mass is 9.94. The highest BCUT2D eigenvalue weighted by Gasteiger charge is 2.35. The van der Waals surface area contributed by atoms with E-state index in [0.717, 1.165) is 37.5 Å². The number of furan rings is 1. The molecule has 0 spiro atoms. The first-order valence-corrected chi connectivity index (χ1v) is 6.14. The van der Waals surface area contributed by atoms with E-state index < -0.39 is 0 Å². The first kappa shape index (κ1) is 11.7. The van der Waals surface area contributed by atoms with Gasteiger partial charge >= 0.3 is 0 Å². The Hall–Kier alpha value is -0.800. The predicted molar refractivity (Wildman–Crippen MR) is 63.5 cm³/mol. The van der Waals surface area contributed by atoms with Crippen molar-refractivity contribution in [3.8, 4) is 0 Å². The SMILES string of the molecule is CCC1(CC)CNCC(c2ccc(C)o2)O1. The smallest absolute Gasteiger partial charge is 0.134 e. The van der Waals surface area contributed by atoms with E-state index >= 15 is 0 Å². The Morgan fingerprint density at radius 2 is 2.12 bits per heavy atom. The van der Waals surface area contributed by atoms with Gasteiger partial charge in [0.15, 0.2) is 0 Å². The maximum absolute atomic E-state index is 6.22. The number of morpholine rings is 1. The number of aryl methyl sites for hydroxylation is 1. The van der Waals surface area contributed by atoms with Crippen molar-refractivity contribution in [1.82, 2.24) is 5.32 Å². The fourth-order valence-corrected chi connectivity index (χ4v) is 2.27. The summed E-state index contributed by atoms with van der Waals surface area (Å²) in [6.45, 7) is 8.11. The zero-order valence-corrected chi connectivity index (χ0v) is 10.4. The van der Waals surface area contributed by atoms with Gasteiger partial charge in [-0.15, -0.1) is 0 Å². The number of rotatable bonds is 3. The van der Waals surface area contributed by atoms with Crippen molar-refractivity contribution in [3.63, 3.8) is 0 Å². The van der Waals surface area contributed by atoms with Gasteiger partial charge in [0.25, 0.3) is 0 Å². The topological polar surface area (TPSA) is 34.4 Å². The van der Waals surface area contributed by atoms with Gasteiger partial charge in [-0.2, -0.15) is 0 Å². The molecule has 1 fully saturated rings. The number of ether oxygens (including phenoxy) is 1. The van der Waals surface area contributed by atoms with Crippen molar-refractivity contribution in [2.24, 2.45) is 0 Å². The van der Waals surface area contributed by atoms with Gasteiger partial charge in [0, 0.05) is 13.1 Å². The Morgan fingerprint density at radius 3 is 2.69 bits per heavy atom. The van der Waals surface area contributed by atoms with Crippen LogP contribution in [0.4, 0.5) is 0 Å². The Morgan fingerprint density at radius 1 is 1.38 bits per heavy atom. The molecule has 16 heavy (non-hydrogen) atoms. The molecular formula is C13H21NO2. The summed E-state index contributed by atoms with van der Waals surface area (Å²) in [4.78, 5) is 0. The second-order valence-electron chi connectivity index (χ2n) is 4.58. The molecule has 1 aromatic rings. The van der Waals surface area contributed by atoms with Crippen molar-refractivity contribution in [3.05, 3.63) is 23.7 Å². The molecule has 1 unspecified atom stereocenters. The van der Waals surface area contributed by atoms with E-state index in [1.807, 2.05) is 19.1 Å². The van der Waals surface area contributed by atoms with Crippen molar-refractivity contribution in [2.45, 2.75) is 45.3 Å². The molecule has 90 valence electrons. The van der Waals surface area contributed by atoms with Crippen LogP contribution in [-0.2, 0) is 4.74 Å². The minimum atomic E-state index is -0.0242. The molecule has 2 rings (SSSR count). The van der Waals surface area contributed by atoms with Gasteiger partial charge < -0.3 is 14.5 Å². The second kappa shape index (κ2) is 4.60. The summed E-state index contributed by atoms with van der Waals surface area (Å²) in [6.07, 6.45) is 2.13. The molecule has 0 saturated carbocycles. The highest BCUT2D eigenvalue weighted by molar-refractivity contribution is 5.10. The number of nitrogens with one attached hydrogen (secondary N) is 1. The molecule has 1 aliphatic rings. The van der Waals surface area contributed by atoms with Gasteiger partial charge in [-0.3, -0.25) is 0 Å².